The third kappa shape index (κ3) is 2.92. The van der Waals surface area contributed by atoms with Crippen LogP contribution >= 0.6 is 11.6 Å². The molecule has 2 aromatic rings. The fourth-order valence-corrected chi connectivity index (χ4v) is 2.11. The summed E-state index contributed by atoms with van der Waals surface area (Å²) in [6.45, 7) is 0.103. The van der Waals surface area contributed by atoms with Gasteiger partial charge in [-0.1, -0.05) is 17.7 Å². The van der Waals surface area contributed by atoms with Gasteiger partial charge in [0.1, 0.15) is 12.4 Å². The molecule has 0 unspecified atom stereocenters. The number of hydrogen-bond acceptors (Lipinski definition) is 4. The molecule has 0 fully saturated rings. The molecule has 0 N–H and O–H groups in total. The van der Waals surface area contributed by atoms with Crippen molar-refractivity contribution < 1.29 is 23.4 Å². The first-order chi connectivity index (χ1) is 10.1. The number of carbonyl (C=O) groups excluding carboxylic acids is 1. The Hall–Kier alpha value is -2.27. The van der Waals surface area contributed by atoms with Gasteiger partial charge in [0.25, 0.3) is 0 Å². The number of rotatable bonds is 3. The van der Waals surface area contributed by atoms with Gasteiger partial charge in [-0.2, -0.15) is 0 Å². The Bertz CT molecular complexity index is 702. The number of ether oxygens (including phenoxy) is 3. The highest BCUT2D eigenvalue weighted by Crippen LogP contribution is 2.32. The molecule has 0 aromatic heterocycles. The summed E-state index contributed by atoms with van der Waals surface area (Å²) >= 11 is 5.87. The first-order valence-electron chi connectivity index (χ1n) is 6.14. The lowest BCUT2D eigenvalue weighted by molar-refractivity contribution is 0.0472. The lowest BCUT2D eigenvalue weighted by atomic mass is 10.2. The lowest BCUT2D eigenvalue weighted by Crippen LogP contribution is -2.05. The minimum Gasteiger partial charge on any atom is -0.457 e. The van der Waals surface area contributed by atoms with E-state index in [-0.39, 0.29) is 18.4 Å². The Morgan fingerprint density at radius 3 is 2.81 bits per heavy atom. The van der Waals surface area contributed by atoms with Crippen LogP contribution in [0, 0.1) is 5.82 Å². The van der Waals surface area contributed by atoms with Crippen LogP contribution in [0.3, 0.4) is 0 Å². The van der Waals surface area contributed by atoms with Crippen LogP contribution in [0.5, 0.6) is 11.5 Å². The molecule has 2 aromatic carbocycles. The van der Waals surface area contributed by atoms with Gasteiger partial charge in [-0.25, -0.2) is 9.18 Å². The quantitative estimate of drug-likeness (QED) is 0.813. The van der Waals surface area contributed by atoms with Crippen molar-refractivity contribution in [2.75, 3.05) is 6.79 Å². The summed E-state index contributed by atoms with van der Waals surface area (Å²) in [6.07, 6.45) is 0. The van der Waals surface area contributed by atoms with Gasteiger partial charge in [-0.15, -0.1) is 0 Å². The molecule has 1 aliphatic heterocycles. The minimum absolute atomic E-state index is 0.0353. The minimum atomic E-state index is -0.520. The lowest BCUT2D eigenvalue weighted by Gasteiger charge is -2.07. The fraction of sp³-hybridized carbons (Fsp3) is 0.133. The van der Waals surface area contributed by atoms with Crippen molar-refractivity contribution in [3.63, 3.8) is 0 Å². The van der Waals surface area contributed by atoms with Gasteiger partial charge >= 0.3 is 5.97 Å². The van der Waals surface area contributed by atoms with Crippen molar-refractivity contribution in [2.24, 2.45) is 0 Å². The predicted molar refractivity (Wildman–Crippen MR) is 73.1 cm³/mol. The standard InChI is InChI=1S/C15H10ClFO4/c16-12-6-11(17)3-1-10(12)7-19-15(18)9-2-4-13-14(5-9)21-8-20-13/h1-6H,7-8H2. The molecule has 108 valence electrons. The molecule has 0 radical (unpaired) electrons. The van der Waals surface area contributed by atoms with Crippen LogP contribution in [0.4, 0.5) is 4.39 Å². The Kier molecular flexibility index (Phi) is 3.66. The van der Waals surface area contributed by atoms with Gasteiger partial charge in [0.2, 0.25) is 6.79 Å². The molecule has 0 saturated carbocycles. The van der Waals surface area contributed by atoms with Crippen LogP contribution in [0.1, 0.15) is 15.9 Å². The monoisotopic (exact) mass is 308 g/mol. The SMILES string of the molecule is O=C(OCc1ccc(F)cc1Cl)c1ccc2c(c1)OCO2. The van der Waals surface area contributed by atoms with Gasteiger partial charge in [0.15, 0.2) is 11.5 Å². The maximum absolute atomic E-state index is 12.9. The molecule has 0 aliphatic carbocycles. The summed E-state index contributed by atoms with van der Waals surface area (Å²) in [5, 5.41) is 0.216. The van der Waals surface area contributed by atoms with Gasteiger partial charge in [0, 0.05) is 5.56 Å². The Labute approximate surface area is 125 Å². The molecule has 21 heavy (non-hydrogen) atoms. The van der Waals surface area contributed by atoms with Crippen molar-refractivity contribution in [2.45, 2.75) is 6.61 Å². The van der Waals surface area contributed by atoms with E-state index in [1.807, 2.05) is 0 Å². The molecule has 4 nitrogen and oxygen atoms in total. The maximum Gasteiger partial charge on any atom is 0.338 e. The van der Waals surface area contributed by atoms with Gasteiger partial charge in [-0.3, -0.25) is 0 Å². The smallest absolute Gasteiger partial charge is 0.338 e. The summed E-state index contributed by atoms with van der Waals surface area (Å²) in [6, 6.07) is 8.69. The summed E-state index contributed by atoms with van der Waals surface area (Å²) in [5.74, 6) is 0.136. The second-order valence-corrected chi connectivity index (χ2v) is 4.79. The summed E-state index contributed by atoms with van der Waals surface area (Å²) in [5.41, 5.74) is 0.879. The summed E-state index contributed by atoms with van der Waals surface area (Å²) < 4.78 is 28.4. The number of hydrogen-bond donors (Lipinski definition) is 0. The zero-order chi connectivity index (χ0) is 14.8. The van der Waals surface area contributed by atoms with Gasteiger partial charge in [-0.05, 0) is 30.3 Å². The molecule has 0 spiro atoms. The van der Waals surface area contributed by atoms with Crippen LogP contribution in [-0.2, 0) is 11.3 Å². The molecular formula is C15H10ClFO4. The van der Waals surface area contributed by atoms with Crippen molar-refractivity contribution >= 4 is 17.6 Å². The number of esters is 1. The van der Waals surface area contributed by atoms with Crippen molar-refractivity contribution in [1.82, 2.24) is 0 Å². The van der Waals surface area contributed by atoms with E-state index in [2.05, 4.69) is 0 Å². The van der Waals surface area contributed by atoms with Crippen molar-refractivity contribution in [3.05, 3.63) is 58.4 Å². The van der Waals surface area contributed by atoms with E-state index in [0.29, 0.717) is 22.6 Å². The van der Waals surface area contributed by atoms with Crippen LogP contribution in [0.25, 0.3) is 0 Å². The number of benzene rings is 2. The summed E-state index contributed by atoms with van der Waals surface area (Å²) in [7, 11) is 0. The molecule has 0 atom stereocenters. The molecule has 1 aliphatic rings. The van der Waals surface area contributed by atoms with E-state index in [0.717, 1.165) is 0 Å². The van der Waals surface area contributed by atoms with E-state index in [9.17, 15) is 9.18 Å². The van der Waals surface area contributed by atoms with Crippen molar-refractivity contribution in [1.29, 1.82) is 0 Å². The van der Waals surface area contributed by atoms with E-state index in [1.165, 1.54) is 18.2 Å². The first-order valence-corrected chi connectivity index (χ1v) is 6.52. The first kappa shape index (κ1) is 13.7. The fourth-order valence-electron chi connectivity index (χ4n) is 1.89. The highest BCUT2D eigenvalue weighted by molar-refractivity contribution is 6.31. The third-order valence-electron chi connectivity index (χ3n) is 2.98. The number of fused-ring (bicyclic) bond motifs is 1. The Morgan fingerprint density at radius 2 is 2.00 bits per heavy atom. The molecule has 0 amide bonds. The van der Waals surface area contributed by atoms with Crippen LogP contribution in [0.2, 0.25) is 5.02 Å². The van der Waals surface area contributed by atoms with Crippen LogP contribution in [-0.4, -0.2) is 12.8 Å². The van der Waals surface area contributed by atoms with E-state index < -0.39 is 11.8 Å². The zero-order valence-electron chi connectivity index (χ0n) is 10.8. The molecule has 0 bridgehead atoms. The second-order valence-electron chi connectivity index (χ2n) is 4.38. The molecule has 1 heterocycles. The largest absolute Gasteiger partial charge is 0.457 e. The number of halogens is 2. The van der Waals surface area contributed by atoms with Gasteiger partial charge in [0.05, 0.1) is 10.6 Å². The summed E-state index contributed by atoms with van der Waals surface area (Å²) in [4.78, 5) is 12.0. The molecular weight excluding hydrogens is 299 g/mol. The zero-order valence-corrected chi connectivity index (χ0v) is 11.5. The average Bonchev–Trinajstić information content (AvgIpc) is 2.93. The molecule has 3 rings (SSSR count). The number of carbonyl (C=O) groups is 1. The van der Waals surface area contributed by atoms with Crippen molar-refractivity contribution in [3.8, 4) is 11.5 Å². The van der Waals surface area contributed by atoms with Crippen LogP contribution < -0.4 is 9.47 Å². The molecule has 6 heteroatoms. The Balaban J connectivity index is 1.69. The highest BCUT2D eigenvalue weighted by Gasteiger charge is 2.17. The van der Waals surface area contributed by atoms with E-state index in [1.54, 1.807) is 18.2 Å². The van der Waals surface area contributed by atoms with E-state index >= 15 is 0 Å². The normalized spacial score (nSPS) is 12.3. The Morgan fingerprint density at radius 1 is 1.19 bits per heavy atom. The second kappa shape index (κ2) is 5.61. The average molecular weight is 309 g/mol. The highest BCUT2D eigenvalue weighted by atomic mass is 35.5. The van der Waals surface area contributed by atoms with E-state index in [4.69, 9.17) is 25.8 Å². The maximum atomic E-state index is 12.9. The topological polar surface area (TPSA) is 44.8 Å². The third-order valence-corrected chi connectivity index (χ3v) is 3.33. The predicted octanol–water partition coefficient (Wildman–Crippen LogP) is 3.56. The van der Waals surface area contributed by atoms with Gasteiger partial charge < -0.3 is 14.2 Å². The molecule has 0 saturated heterocycles. The van der Waals surface area contributed by atoms with Crippen LogP contribution in [0.15, 0.2) is 36.4 Å².